The zero-order valence-corrected chi connectivity index (χ0v) is 15.8. The van der Waals surface area contributed by atoms with E-state index in [1.165, 1.54) is 12.1 Å². The van der Waals surface area contributed by atoms with Crippen LogP contribution in [0.4, 0.5) is 10.1 Å². The van der Waals surface area contributed by atoms with Crippen molar-refractivity contribution >= 4 is 17.5 Å². The van der Waals surface area contributed by atoms with E-state index in [0.29, 0.717) is 26.1 Å². The molecule has 1 fully saturated rings. The van der Waals surface area contributed by atoms with Crippen molar-refractivity contribution in [2.45, 2.75) is 26.7 Å². The predicted octanol–water partition coefficient (Wildman–Crippen LogP) is 3.58. The minimum atomic E-state index is -0.314. The van der Waals surface area contributed by atoms with Crippen molar-refractivity contribution in [1.82, 2.24) is 4.90 Å². The van der Waals surface area contributed by atoms with Crippen LogP contribution in [-0.4, -0.2) is 36.3 Å². The van der Waals surface area contributed by atoms with Gasteiger partial charge in [0.2, 0.25) is 11.8 Å². The van der Waals surface area contributed by atoms with Gasteiger partial charge in [0.15, 0.2) is 0 Å². The molecule has 2 aromatic rings. The summed E-state index contributed by atoms with van der Waals surface area (Å²) in [7, 11) is 0. The molecule has 0 spiro atoms. The zero-order chi connectivity index (χ0) is 19.4. The van der Waals surface area contributed by atoms with Crippen LogP contribution in [0.15, 0.2) is 48.5 Å². The number of aryl methyl sites for hydroxylation is 1. The number of likely N-dealkylation sites (tertiary alicyclic amines) is 1. The monoisotopic (exact) mass is 368 g/mol. The van der Waals surface area contributed by atoms with Crippen molar-refractivity contribution in [3.05, 3.63) is 65.5 Å². The highest BCUT2D eigenvalue weighted by atomic mass is 19.1. The smallest absolute Gasteiger partial charge is 0.232 e. The third-order valence-corrected chi connectivity index (χ3v) is 5.04. The first kappa shape index (κ1) is 19.1. The molecule has 2 aromatic carbocycles. The minimum absolute atomic E-state index is 0.000678. The van der Waals surface area contributed by atoms with E-state index in [1.807, 2.05) is 38.1 Å². The molecule has 1 atom stereocenters. The van der Waals surface area contributed by atoms with Gasteiger partial charge in [0, 0.05) is 31.7 Å². The van der Waals surface area contributed by atoms with Crippen molar-refractivity contribution in [3.63, 3.8) is 0 Å². The Hall–Kier alpha value is -2.69. The van der Waals surface area contributed by atoms with E-state index in [-0.39, 0.29) is 30.0 Å². The van der Waals surface area contributed by atoms with Crippen molar-refractivity contribution in [1.29, 1.82) is 0 Å². The summed E-state index contributed by atoms with van der Waals surface area (Å²) in [6.45, 7) is 5.51. The maximum atomic E-state index is 13.0. The summed E-state index contributed by atoms with van der Waals surface area (Å²) in [6.07, 6.45) is 0.910. The van der Waals surface area contributed by atoms with E-state index in [4.69, 9.17) is 0 Å². The van der Waals surface area contributed by atoms with Gasteiger partial charge in [0.05, 0.1) is 5.92 Å². The average molecular weight is 368 g/mol. The van der Waals surface area contributed by atoms with Gasteiger partial charge in [-0.05, 0) is 55.7 Å². The van der Waals surface area contributed by atoms with Gasteiger partial charge in [-0.1, -0.05) is 24.3 Å². The number of hydrogen-bond donors (Lipinski definition) is 0. The van der Waals surface area contributed by atoms with Crippen LogP contribution >= 0.6 is 0 Å². The molecular formula is C22H25FN2O2. The molecule has 0 radical (unpaired) electrons. The van der Waals surface area contributed by atoms with Crippen LogP contribution in [0.25, 0.3) is 0 Å². The van der Waals surface area contributed by atoms with E-state index in [9.17, 15) is 14.0 Å². The van der Waals surface area contributed by atoms with Crippen molar-refractivity contribution in [2.75, 3.05) is 24.5 Å². The number of anilines is 1. The topological polar surface area (TPSA) is 40.6 Å². The lowest BCUT2D eigenvalue weighted by Gasteiger charge is -2.24. The molecule has 4 nitrogen and oxygen atoms in total. The molecule has 0 unspecified atom stereocenters. The molecule has 3 rings (SSSR count). The van der Waals surface area contributed by atoms with Gasteiger partial charge in [-0.2, -0.15) is 0 Å². The molecule has 142 valence electrons. The first-order valence-corrected chi connectivity index (χ1v) is 9.38. The van der Waals surface area contributed by atoms with Gasteiger partial charge in [-0.3, -0.25) is 9.59 Å². The Morgan fingerprint density at radius 2 is 1.96 bits per heavy atom. The van der Waals surface area contributed by atoms with Crippen LogP contribution in [0.5, 0.6) is 0 Å². The number of carbonyl (C=O) groups excluding carboxylic acids is 2. The highest BCUT2D eigenvalue weighted by Gasteiger charge is 2.36. The Morgan fingerprint density at radius 3 is 2.63 bits per heavy atom. The normalized spacial score (nSPS) is 16.6. The second kappa shape index (κ2) is 8.33. The van der Waals surface area contributed by atoms with Gasteiger partial charge in [0.1, 0.15) is 5.82 Å². The number of rotatable bonds is 6. The Morgan fingerprint density at radius 1 is 1.22 bits per heavy atom. The van der Waals surface area contributed by atoms with Crippen LogP contribution < -0.4 is 4.90 Å². The lowest BCUT2D eigenvalue weighted by Crippen LogP contribution is -2.37. The second-order valence-electron chi connectivity index (χ2n) is 7.04. The molecule has 1 saturated heterocycles. The van der Waals surface area contributed by atoms with Gasteiger partial charge in [-0.15, -0.1) is 0 Å². The molecule has 0 aromatic heterocycles. The van der Waals surface area contributed by atoms with Crippen molar-refractivity contribution in [3.8, 4) is 0 Å². The largest absolute Gasteiger partial charge is 0.342 e. The van der Waals surface area contributed by atoms with E-state index in [2.05, 4.69) is 0 Å². The first-order valence-electron chi connectivity index (χ1n) is 9.38. The fourth-order valence-electron chi connectivity index (χ4n) is 3.55. The van der Waals surface area contributed by atoms with Crippen LogP contribution in [0, 0.1) is 18.7 Å². The van der Waals surface area contributed by atoms with Gasteiger partial charge in [-0.25, -0.2) is 4.39 Å². The Kier molecular flexibility index (Phi) is 5.89. The highest BCUT2D eigenvalue weighted by Crippen LogP contribution is 2.24. The summed E-state index contributed by atoms with van der Waals surface area (Å²) < 4.78 is 13.0. The lowest BCUT2D eigenvalue weighted by molar-refractivity contribution is -0.128. The quantitative estimate of drug-likeness (QED) is 0.782. The fraction of sp³-hybridized carbons (Fsp3) is 0.364. The molecule has 1 aliphatic heterocycles. The van der Waals surface area contributed by atoms with Gasteiger partial charge < -0.3 is 9.80 Å². The second-order valence-corrected chi connectivity index (χ2v) is 7.04. The average Bonchev–Trinajstić information content (AvgIpc) is 3.03. The van der Waals surface area contributed by atoms with E-state index in [1.54, 1.807) is 21.9 Å². The summed E-state index contributed by atoms with van der Waals surface area (Å²) in [5.74, 6) is -0.569. The number of benzene rings is 2. The molecule has 5 heteroatoms. The number of carbonyl (C=O) groups is 2. The molecule has 0 bridgehead atoms. The fourth-order valence-corrected chi connectivity index (χ4v) is 3.55. The first-order chi connectivity index (χ1) is 13.0. The number of nitrogens with zero attached hydrogens (tertiary/aromatic N) is 2. The highest BCUT2D eigenvalue weighted by molar-refractivity contribution is 5.99. The molecule has 27 heavy (non-hydrogen) atoms. The summed E-state index contributed by atoms with van der Waals surface area (Å²) in [4.78, 5) is 28.9. The zero-order valence-electron chi connectivity index (χ0n) is 15.8. The summed E-state index contributed by atoms with van der Waals surface area (Å²) in [5.41, 5.74) is 2.95. The standard InChI is InChI=1S/C22H25FN2O2/c1-3-25(20-6-4-5-16(2)13-20)22(27)18-14-21(26)24(15-18)12-11-17-7-9-19(23)10-8-17/h4-10,13,18H,3,11-12,14-15H2,1-2H3/t18-/m0/s1. The van der Waals surface area contributed by atoms with Crippen LogP contribution in [0.3, 0.4) is 0 Å². The molecule has 1 aliphatic rings. The van der Waals surface area contributed by atoms with Crippen molar-refractivity contribution < 1.29 is 14.0 Å². The van der Waals surface area contributed by atoms with Gasteiger partial charge in [0.25, 0.3) is 0 Å². The van der Waals surface area contributed by atoms with Crippen LogP contribution in [0.1, 0.15) is 24.5 Å². The molecule has 0 aliphatic carbocycles. The summed E-state index contributed by atoms with van der Waals surface area (Å²) in [5, 5.41) is 0. The molecule has 0 N–H and O–H groups in total. The number of halogens is 1. The SMILES string of the molecule is CCN(C(=O)[C@H]1CC(=O)N(CCc2ccc(F)cc2)C1)c1cccc(C)c1. The van der Waals surface area contributed by atoms with Gasteiger partial charge >= 0.3 is 0 Å². The summed E-state index contributed by atoms with van der Waals surface area (Å²) in [6, 6.07) is 14.2. The van der Waals surface area contributed by atoms with Crippen molar-refractivity contribution in [2.24, 2.45) is 5.92 Å². The molecule has 0 saturated carbocycles. The lowest BCUT2D eigenvalue weighted by atomic mass is 10.1. The Balaban J connectivity index is 1.63. The molecule has 2 amide bonds. The molecular weight excluding hydrogens is 343 g/mol. The number of hydrogen-bond acceptors (Lipinski definition) is 2. The van der Waals surface area contributed by atoms with E-state index >= 15 is 0 Å². The van der Waals surface area contributed by atoms with E-state index < -0.39 is 0 Å². The third-order valence-electron chi connectivity index (χ3n) is 5.04. The Bertz CT molecular complexity index is 819. The third kappa shape index (κ3) is 4.54. The van der Waals surface area contributed by atoms with Crippen LogP contribution in [-0.2, 0) is 16.0 Å². The number of amides is 2. The maximum absolute atomic E-state index is 13.0. The summed E-state index contributed by atoms with van der Waals surface area (Å²) >= 11 is 0. The molecule has 1 heterocycles. The maximum Gasteiger partial charge on any atom is 0.232 e. The minimum Gasteiger partial charge on any atom is -0.342 e. The van der Waals surface area contributed by atoms with E-state index in [0.717, 1.165) is 16.8 Å². The Labute approximate surface area is 159 Å². The predicted molar refractivity (Wildman–Crippen MR) is 104 cm³/mol. The van der Waals surface area contributed by atoms with Crippen LogP contribution in [0.2, 0.25) is 0 Å².